The second-order valence-electron chi connectivity index (χ2n) is 3.51. The number of hydrogen-bond donors (Lipinski definition) is 2. The third-order valence-electron chi connectivity index (χ3n) is 2.11. The molecule has 0 aliphatic carbocycles. The monoisotopic (exact) mass is 247 g/mol. The Hall–Kier alpha value is -2.70. The molecule has 2 rings (SSSR count). The van der Waals surface area contributed by atoms with E-state index in [0.29, 0.717) is 5.76 Å². The number of pyridine rings is 1. The van der Waals surface area contributed by atoms with Gasteiger partial charge in [0.1, 0.15) is 11.6 Å². The number of hydrogen-bond acceptors (Lipinski definition) is 5. The van der Waals surface area contributed by atoms with Crippen molar-refractivity contribution in [1.29, 1.82) is 0 Å². The molecule has 0 aromatic carbocycles. The van der Waals surface area contributed by atoms with Crippen molar-refractivity contribution in [3.63, 3.8) is 0 Å². The van der Waals surface area contributed by atoms with Crippen LogP contribution in [0.4, 0.5) is 5.82 Å². The molecule has 1 amide bonds. The van der Waals surface area contributed by atoms with Gasteiger partial charge in [-0.3, -0.25) is 4.79 Å². The van der Waals surface area contributed by atoms with E-state index >= 15 is 0 Å². The van der Waals surface area contributed by atoms with Crippen molar-refractivity contribution in [1.82, 2.24) is 10.1 Å². The summed E-state index contributed by atoms with van der Waals surface area (Å²) < 4.78 is 4.76. The van der Waals surface area contributed by atoms with Gasteiger partial charge in [0, 0.05) is 12.3 Å². The Bertz CT molecular complexity index is 606. The van der Waals surface area contributed by atoms with Gasteiger partial charge in [-0.2, -0.15) is 0 Å². The molecule has 0 fully saturated rings. The van der Waals surface area contributed by atoms with Crippen LogP contribution < -0.4 is 5.32 Å². The van der Waals surface area contributed by atoms with Crippen LogP contribution in [0.15, 0.2) is 28.9 Å². The fourth-order valence-electron chi connectivity index (χ4n) is 1.29. The zero-order chi connectivity index (χ0) is 13.1. The average molecular weight is 247 g/mol. The summed E-state index contributed by atoms with van der Waals surface area (Å²) in [5.41, 5.74) is 0.145. The minimum Gasteiger partial charge on any atom is -0.478 e. The maximum absolute atomic E-state index is 11.7. The van der Waals surface area contributed by atoms with Crippen molar-refractivity contribution in [2.24, 2.45) is 0 Å². The van der Waals surface area contributed by atoms with Gasteiger partial charge in [-0.05, 0) is 19.1 Å². The molecule has 2 heterocycles. The summed E-state index contributed by atoms with van der Waals surface area (Å²) in [4.78, 5) is 26.3. The van der Waals surface area contributed by atoms with Crippen LogP contribution in [0.3, 0.4) is 0 Å². The largest absolute Gasteiger partial charge is 0.478 e. The van der Waals surface area contributed by atoms with Crippen molar-refractivity contribution >= 4 is 17.7 Å². The molecule has 7 nitrogen and oxygen atoms in total. The van der Waals surface area contributed by atoms with Crippen molar-refractivity contribution in [3.8, 4) is 0 Å². The molecule has 0 unspecified atom stereocenters. The predicted molar refractivity (Wildman–Crippen MR) is 60.4 cm³/mol. The standard InChI is InChI=1S/C11H9N3O4/c1-6-4-8(14-18-6)10(15)13-9-5-7(11(16)17)2-3-12-9/h2-5H,1H3,(H,16,17)(H,12,13,15). The minimum atomic E-state index is -1.09. The first-order valence-electron chi connectivity index (χ1n) is 5.00. The predicted octanol–water partition coefficient (Wildman–Crippen LogP) is 1.33. The maximum Gasteiger partial charge on any atom is 0.335 e. The molecule has 0 spiro atoms. The summed E-state index contributed by atoms with van der Waals surface area (Å²) in [6.07, 6.45) is 1.30. The number of aromatic nitrogens is 2. The van der Waals surface area contributed by atoms with Gasteiger partial charge in [0.05, 0.1) is 5.56 Å². The lowest BCUT2D eigenvalue weighted by Crippen LogP contribution is -2.13. The van der Waals surface area contributed by atoms with E-state index in [9.17, 15) is 9.59 Å². The number of carbonyl (C=O) groups is 2. The van der Waals surface area contributed by atoms with Gasteiger partial charge in [0.15, 0.2) is 5.69 Å². The highest BCUT2D eigenvalue weighted by Crippen LogP contribution is 2.09. The maximum atomic E-state index is 11.7. The zero-order valence-electron chi connectivity index (χ0n) is 9.38. The van der Waals surface area contributed by atoms with Crippen LogP contribution >= 0.6 is 0 Å². The third-order valence-corrected chi connectivity index (χ3v) is 2.11. The van der Waals surface area contributed by atoms with Crippen molar-refractivity contribution in [2.75, 3.05) is 5.32 Å². The molecular formula is C11H9N3O4. The lowest BCUT2D eigenvalue weighted by Gasteiger charge is -2.02. The summed E-state index contributed by atoms with van der Waals surface area (Å²) in [5, 5.41) is 14.8. The molecule has 0 saturated heterocycles. The Morgan fingerprint density at radius 3 is 2.78 bits per heavy atom. The molecule has 92 valence electrons. The highest BCUT2D eigenvalue weighted by atomic mass is 16.5. The number of amides is 1. The Labute approximate surface area is 101 Å². The molecule has 7 heteroatoms. The Kier molecular flexibility index (Phi) is 3.05. The number of nitrogens with zero attached hydrogens (tertiary/aromatic N) is 2. The SMILES string of the molecule is Cc1cc(C(=O)Nc2cc(C(=O)O)ccn2)no1. The Morgan fingerprint density at radius 2 is 2.17 bits per heavy atom. The first-order valence-corrected chi connectivity index (χ1v) is 5.00. The third kappa shape index (κ3) is 2.51. The fourth-order valence-corrected chi connectivity index (χ4v) is 1.29. The molecule has 0 aliphatic heterocycles. The molecule has 2 aromatic rings. The molecule has 2 N–H and O–H groups in total. The lowest BCUT2D eigenvalue weighted by molar-refractivity contribution is 0.0696. The number of carboxylic acid groups (broad SMARTS) is 1. The Morgan fingerprint density at radius 1 is 1.39 bits per heavy atom. The van der Waals surface area contributed by atoms with E-state index in [0.717, 1.165) is 0 Å². The van der Waals surface area contributed by atoms with Crippen molar-refractivity contribution in [2.45, 2.75) is 6.92 Å². The molecule has 0 atom stereocenters. The van der Waals surface area contributed by atoms with Crippen LogP contribution in [-0.2, 0) is 0 Å². The van der Waals surface area contributed by atoms with Crippen LogP contribution in [0, 0.1) is 6.92 Å². The first-order chi connectivity index (χ1) is 8.56. The van der Waals surface area contributed by atoms with Crippen molar-refractivity contribution in [3.05, 3.63) is 41.4 Å². The highest BCUT2D eigenvalue weighted by molar-refractivity contribution is 6.02. The number of aryl methyl sites for hydroxylation is 1. The molecule has 18 heavy (non-hydrogen) atoms. The van der Waals surface area contributed by atoms with E-state index < -0.39 is 11.9 Å². The zero-order valence-corrected chi connectivity index (χ0v) is 9.38. The number of carboxylic acids is 1. The normalized spacial score (nSPS) is 10.1. The minimum absolute atomic E-state index is 0.0385. The molecule has 0 radical (unpaired) electrons. The fraction of sp³-hybridized carbons (Fsp3) is 0.0909. The number of carbonyl (C=O) groups excluding carboxylic acids is 1. The van der Waals surface area contributed by atoms with Crippen LogP contribution in [0.25, 0.3) is 0 Å². The summed E-state index contributed by atoms with van der Waals surface area (Å²) >= 11 is 0. The molecule has 0 saturated carbocycles. The van der Waals surface area contributed by atoms with Crippen LogP contribution in [0.1, 0.15) is 26.6 Å². The second kappa shape index (κ2) is 4.66. The number of nitrogens with one attached hydrogen (secondary N) is 1. The van der Waals surface area contributed by atoms with E-state index in [4.69, 9.17) is 9.63 Å². The Balaban J connectivity index is 2.16. The quantitative estimate of drug-likeness (QED) is 0.847. The summed E-state index contributed by atoms with van der Waals surface area (Å²) in [7, 11) is 0. The van der Waals surface area contributed by atoms with E-state index in [1.54, 1.807) is 6.92 Å². The number of rotatable bonds is 3. The van der Waals surface area contributed by atoms with Gasteiger partial charge in [0.25, 0.3) is 5.91 Å². The second-order valence-corrected chi connectivity index (χ2v) is 3.51. The lowest BCUT2D eigenvalue weighted by atomic mass is 10.2. The van der Waals surface area contributed by atoms with Gasteiger partial charge in [-0.1, -0.05) is 5.16 Å². The van der Waals surface area contributed by atoms with Crippen LogP contribution in [0.2, 0.25) is 0 Å². The summed E-state index contributed by atoms with van der Waals surface area (Å²) in [6.45, 7) is 1.66. The summed E-state index contributed by atoms with van der Waals surface area (Å²) in [5.74, 6) is -0.958. The van der Waals surface area contributed by atoms with Gasteiger partial charge in [-0.15, -0.1) is 0 Å². The van der Waals surface area contributed by atoms with Crippen LogP contribution in [0.5, 0.6) is 0 Å². The van der Waals surface area contributed by atoms with Crippen LogP contribution in [-0.4, -0.2) is 27.1 Å². The van der Waals surface area contributed by atoms with Gasteiger partial charge < -0.3 is 14.9 Å². The van der Waals surface area contributed by atoms with Gasteiger partial charge >= 0.3 is 5.97 Å². The van der Waals surface area contributed by atoms with E-state index in [-0.39, 0.29) is 17.1 Å². The molecular weight excluding hydrogens is 238 g/mol. The van der Waals surface area contributed by atoms with Gasteiger partial charge in [0.2, 0.25) is 0 Å². The van der Waals surface area contributed by atoms with E-state index in [1.807, 2.05) is 0 Å². The molecule has 0 bridgehead atoms. The topological polar surface area (TPSA) is 105 Å². The highest BCUT2D eigenvalue weighted by Gasteiger charge is 2.12. The van der Waals surface area contributed by atoms with Crippen molar-refractivity contribution < 1.29 is 19.2 Å². The number of aromatic carboxylic acids is 1. The first kappa shape index (κ1) is 11.8. The number of anilines is 1. The van der Waals surface area contributed by atoms with Gasteiger partial charge in [-0.25, -0.2) is 9.78 Å². The smallest absolute Gasteiger partial charge is 0.335 e. The summed E-state index contributed by atoms with van der Waals surface area (Å²) in [6, 6.07) is 4.06. The molecule has 0 aliphatic rings. The van der Waals surface area contributed by atoms with E-state index in [2.05, 4.69) is 15.5 Å². The molecule has 2 aromatic heterocycles. The van der Waals surface area contributed by atoms with E-state index in [1.165, 1.54) is 24.4 Å². The average Bonchev–Trinajstić information content (AvgIpc) is 2.76.